The van der Waals surface area contributed by atoms with E-state index in [9.17, 15) is 9.59 Å². The molecule has 20 heavy (non-hydrogen) atoms. The molecular formula is C14H10N2O4. The minimum Gasteiger partial charge on any atom is -0.459 e. The van der Waals surface area contributed by atoms with Crippen LogP contribution in [0.4, 0.5) is 0 Å². The molecular weight excluding hydrogens is 260 g/mol. The molecule has 3 rings (SSSR count). The van der Waals surface area contributed by atoms with Crippen molar-refractivity contribution in [2.45, 2.75) is 6.54 Å². The summed E-state index contributed by atoms with van der Waals surface area (Å²) >= 11 is 0. The van der Waals surface area contributed by atoms with Gasteiger partial charge in [0.05, 0.1) is 6.26 Å². The molecule has 6 heteroatoms. The van der Waals surface area contributed by atoms with Crippen LogP contribution in [0.25, 0.3) is 11.7 Å². The largest absolute Gasteiger partial charge is 0.459 e. The molecule has 0 aliphatic heterocycles. The highest BCUT2D eigenvalue weighted by Crippen LogP contribution is 2.15. The Balaban J connectivity index is 1.85. The Morgan fingerprint density at radius 3 is 2.65 bits per heavy atom. The van der Waals surface area contributed by atoms with Crippen LogP contribution >= 0.6 is 0 Å². The molecule has 6 nitrogen and oxygen atoms in total. The molecule has 0 radical (unpaired) electrons. The van der Waals surface area contributed by atoms with E-state index in [1.54, 1.807) is 36.4 Å². The normalized spacial score (nSPS) is 10.6. The molecule has 0 saturated carbocycles. The van der Waals surface area contributed by atoms with Gasteiger partial charge in [0.15, 0.2) is 11.5 Å². The highest BCUT2D eigenvalue weighted by Gasteiger charge is 2.15. The lowest BCUT2D eigenvalue weighted by atomic mass is 10.1. The molecule has 0 N–H and O–H groups in total. The molecule has 100 valence electrons. The Kier molecular flexibility index (Phi) is 3.04. The van der Waals surface area contributed by atoms with E-state index in [4.69, 9.17) is 8.83 Å². The molecule has 0 fully saturated rings. The lowest BCUT2D eigenvalue weighted by molar-refractivity contribution is 0.0965. The van der Waals surface area contributed by atoms with Gasteiger partial charge in [0, 0.05) is 5.56 Å². The van der Waals surface area contributed by atoms with Crippen molar-refractivity contribution in [2.75, 3.05) is 0 Å². The second kappa shape index (κ2) is 5.00. The maximum absolute atomic E-state index is 12.0. The Labute approximate surface area is 113 Å². The zero-order valence-corrected chi connectivity index (χ0v) is 10.4. The Hall–Kier alpha value is -2.89. The zero-order valence-electron chi connectivity index (χ0n) is 10.4. The number of nitrogens with zero attached hydrogens (tertiary/aromatic N) is 2. The van der Waals surface area contributed by atoms with E-state index in [0.717, 1.165) is 4.68 Å². The van der Waals surface area contributed by atoms with Gasteiger partial charge < -0.3 is 8.83 Å². The lowest BCUT2D eigenvalue weighted by Crippen LogP contribution is -2.21. The third kappa shape index (κ3) is 2.31. The summed E-state index contributed by atoms with van der Waals surface area (Å²) < 4.78 is 11.0. The zero-order chi connectivity index (χ0) is 13.9. The van der Waals surface area contributed by atoms with Crippen molar-refractivity contribution >= 4 is 5.78 Å². The summed E-state index contributed by atoms with van der Waals surface area (Å²) in [7, 11) is 0. The number of hydrogen-bond donors (Lipinski definition) is 0. The number of ketones is 1. The molecule has 3 aromatic rings. The van der Waals surface area contributed by atoms with Gasteiger partial charge in [0.2, 0.25) is 0 Å². The fourth-order valence-corrected chi connectivity index (χ4v) is 1.76. The molecule has 0 atom stereocenters. The van der Waals surface area contributed by atoms with E-state index < -0.39 is 5.76 Å². The Morgan fingerprint density at radius 2 is 1.95 bits per heavy atom. The van der Waals surface area contributed by atoms with Gasteiger partial charge in [-0.25, -0.2) is 4.79 Å². The van der Waals surface area contributed by atoms with Gasteiger partial charge in [-0.15, -0.1) is 5.10 Å². The molecule has 0 aliphatic carbocycles. The van der Waals surface area contributed by atoms with Crippen LogP contribution in [0.15, 0.2) is 62.4 Å². The van der Waals surface area contributed by atoms with Gasteiger partial charge in [0.25, 0.3) is 5.89 Å². The summed E-state index contributed by atoms with van der Waals surface area (Å²) in [5.41, 5.74) is 0.516. The summed E-state index contributed by atoms with van der Waals surface area (Å²) in [5, 5.41) is 3.94. The molecule has 0 saturated heterocycles. The van der Waals surface area contributed by atoms with Crippen molar-refractivity contribution in [3.8, 4) is 11.7 Å². The van der Waals surface area contributed by atoms with Crippen LogP contribution in [0.5, 0.6) is 0 Å². The van der Waals surface area contributed by atoms with Crippen molar-refractivity contribution in [1.29, 1.82) is 0 Å². The second-order valence-corrected chi connectivity index (χ2v) is 4.10. The molecule has 2 aromatic heterocycles. The lowest BCUT2D eigenvalue weighted by Gasteiger charge is -1.98. The Bertz CT molecular complexity index is 769. The minimum atomic E-state index is -0.694. The summed E-state index contributed by atoms with van der Waals surface area (Å²) in [5.74, 6) is -0.512. The standard InChI is InChI=1S/C14H10N2O4/c17-11(10-5-2-1-3-6-10)9-16-14(18)20-13(15-16)12-7-4-8-19-12/h1-8H,9H2. The predicted molar refractivity (Wildman–Crippen MR) is 69.2 cm³/mol. The van der Waals surface area contributed by atoms with Crippen LogP contribution in [-0.4, -0.2) is 15.6 Å². The third-order valence-electron chi connectivity index (χ3n) is 2.73. The molecule has 0 spiro atoms. The van der Waals surface area contributed by atoms with Gasteiger partial charge in [-0.2, -0.15) is 4.68 Å². The van der Waals surface area contributed by atoms with Gasteiger partial charge >= 0.3 is 5.76 Å². The predicted octanol–water partition coefficient (Wildman–Crippen LogP) is 1.98. The van der Waals surface area contributed by atoms with Crippen molar-refractivity contribution in [3.63, 3.8) is 0 Å². The van der Waals surface area contributed by atoms with Crippen molar-refractivity contribution < 1.29 is 13.6 Å². The van der Waals surface area contributed by atoms with E-state index >= 15 is 0 Å². The summed E-state index contributed by atoms with van der Waals surface area (Å²) in [6.07, 6.45) is 1.45. The SMILES string of the molecule is O=C(Cn1nc(-c2ccco2)oc1=O)c1ccccc1. The summed E-state index contributed by atoms with van der Waals surface area (Å²) in [4.78, 5) is 23.6. The number of furan rings is 1. The molecule has 1 aromatic carbocycles. The number of Topliss-reactive ketones (excluding diaryl/α,β-unsaturated/α-hetero) is 1. The quantitative estimate of drug-likeness (QED) is 0.677. The van der Waals surface area contributed by atoms with Gasteiger partial charge in [-0.05, 0) is 12.1 Å². The first kappa shape index (κ1) is 12.2. The van der Waals surface area contributed by atoms with Crippen LogP contribution in [0.2, 0.25) is 0 Å². The molecule has 2 heterocycles. The monoisotopic (exact) mass is 270 g/mol. The van der Waals surface area contributed by atoms with Crippen LogP contribution < -0.4 is 5.76 Å². The van der Waals surface area contributed by atoms with Crippen LogP contribution in [0.1, 0.15) is 10.4 Å². The van der Waals surface area contributed by atoms with Gasteiger partial charge in [-0.1, -0.05) is 30.3 Å². The van der Waals surface area contributed by atoms with E-state index in [-0.39, 0.29) is 18.2 Å². The maximum Gasteiger partial charge on any atom is 0.437 e. The van der Waals surface area contributed by atoms with Crippen LogP contribution in [0.3, 0.4) is 0 Å². The van der Waals surface area contributed by atoms with Crippen molar-refractivity contribution in [1.82, 2.24) is 9.78 Å². The van der Waals surface area contributed by atoms with E-state index in [2.05, 4.69) is 5.10 Å². The maximum atomic E-state index is 12.0. The van der Waals surface area contributed by atoms with E-state index in [0.29, 0.717) is 11.3 Å². The number of aromatic nitrogens is 2. The molecule has 0 aliphatic rings. The van der Waals surface area contributed by atoms with Crippen molar-refractivity contribution in [3.05, 3.63) is 64.8 Å². The topological polar surface area (TPSA) is 78.2 Å². The fourth-order valence-electron chi connectivity index (χ4n) is 1.76. The van der Waals surface area contributed by atoms with E-state index in [1.807, 2.05) is 6.07 Å². The molecule has 0 bridgehead atoms. The number of carbonyl (C=O) groups excluding carboxylic acids is 1. The highest BCUT2D eigenvalue weighted by atomic mass is 16.4. The smallest absolute Gasteiger partial charge is 0.437 e. The second-order valence-electron chi connectivity index (χ2n) is 4.10. The fraction of sp³-hybridized carbons (Fsp3) is 0.0714. The molecule has 0 amide bonds. The first-order valence-corrected chi connectivity index (χ1v) is 5.94. The molecule has 0 unspecified atom stereocenters. The summed E-state index contributed by atoms with van der Waals surface area (Å²) in [6, 6.07) is 12.0. The number of benzene rings is 1. The highest BCUT2D eigenvalue weighted by molar-refractivity contribution is 5.95. The first-order valence-electron chi connectivity index (χ1n) is 5.94. The summed E-state index contributed by atoms with van der Waals surface area (Å²) in [6.45, 7) is -0.174. The van der Waals surface area contributed by atoms with E-state index in [1.165, 1.54) is 6.26 Å². The first-order chi connectivity index (χ1) is 9.74. The number of rotatable bonds is 4. The number of hydrogen-bond acceptors (Lipinski definition) is 5. The van der Waals surface area contributed by atoms with Crippen LogP contribution in [0, 0.1) is 0 Å². The number of carbonyl (C=O) groups is 1. The van der Waals surface area contributed by atoms with Crippen LogP contribution in [-0.2, 0) is 6.54 Å². The van der Waals surface area contributed by atoms with Gasteiger partial charge in [0.1, 0.15) is 6.54 Å². The van der Waals surface area contributed by atoms with Crippen molar-refractivity contribution in [2.24, 2.45) is 0 Å². The average Bonchev–Trinajstić information content (AvgIpc) is 3.10. The average molecular weight is 270 g/mol. The minimum absolute atomic E-state index is 0.0564. The van der Waals surface area contributed by atoms with Gasteiger partial charge in [-0.3, -0.25) is 4.79 Å². The third-order valence-corrected chi connectivity index (χ3v) is 2.73. The Morgan fingerprint density at radius 1 is 1.15 bits per heavy atom.